The van der Waals surface area contributed by atoms with Crippen LogP contribution in [0.3, 0.4) is 0 Å². The Bertz CT molecular complexity index is 381. The monoisotopic (exact) mass is 275 g/mol. The standard InChI is InChI=1S/C17H25NO2/c19-17-8-12-18(13-9-17)11-4-5-14-20-15-10-16-6-2-1-3-7-16/h1-3,6-7H,4-5,8-15H2. The molecule has 0 aliphatic carbocycles. The maximum atomic E-state index is 11.1. The minimum atomic E-state index is 0.422. The van der Waals surface area contributed by atoms with Crippen molar-refractivity contribution in [2.45, 2.75) is 32.1 Å². The Hall–Kier alpha value is -1.19. The Kier molecular flexibility index (Phi) is 6.75. The average molecular weight is 275 g/mol. The Balaban J connectivity index is 1.43. The molecule has 1 aromatic carbocycles. The van der Waals surface area contributed by atoms with Crippen molar-refractivity contribution in [3.63, 3.8) is 0 Å². The molecule has 0 atom stereocenters. The van der Waals surface area contributed by atoms with Crippen LogP contribution in [0.15, 0.2) is 30.3 Å². The van der Waals surface area contributed by atoms with Gasteiger partial charge in [-0.05, 0) is 31.4 Å². The molecule has 0 aromatic heterocycles. The number of benzene rings is 1. The van der Waals surface area contributed by atoms with Crippen LogP contribution in [0.25, 0.3) is 0 Å². The second kappa shape index (κ2) is 8.88. The second-order valence-electron chi connectivity index (χ2n) is 5.44. The third-order valence-electron chi connectivity index (χ3n) is 3.80. The summed E-state index contributed by atoms with van der Waals surface area (Å²) in [7, 11) is 0. The van der Waals surface area contributed by atoms with Crippen LogP contribution in [0.4, 0.5) is 0 Å². The lowest BCUT2D eigenvalue weighted by Gasteiger charge is -2.25. The van der Waals surface area contributed by atoms with Crippen molar-refractivity contribution in [1.82, 2.24) is 4.90 Å². The minimum Gasteiger partial charge on any atom is -0.381 e. The van der Waals surface area contributed by atoms with Crippen LogP contribution in [-0.2, 0) is 16.0 Å². The number of unbranched alkanes of at least 4 members (excludes halogenated alkanes) is 1. The highest BCUT2D eigenvalue weighted by atomic mass is 16.5. The van der Waals surface area contributed by atoms with Crippen LogP contribution in [0.5, 0.6) is 0 Å². The van der Waals surface area contributed by atoms with Crippen molar-refractivity contribution in [3.05, 3.63) is 35.9 Å². The number of Topliss-reactive ketones (excluding diaryl/α,β-unsaturated/α-hetero) is 1. The van der Waals surface area contributed by atoms with E-state index in [1.165, 1.54) is 12.0 Å². The number of hydrogen-bond donors (Lipinski definition) is 0. The molecule has 1 aromatic rings. The number of ketones is 1. The van der Waals surface area contributed by atoms with Gasteiger partial charge < -0.3 is 9.64 Å². The highest BCUT2D eigenvalue weighted by Gasteiger charge is 2.14. The van der Waals surface area contributed by atoms with Gasteiger partial charge in [0, 0.05) is 32.5 Å². The van der Waals surface area contributed by atoms with Crippen molar-refractivity contribution < 1.29 is 9.53 Å². The molecule has 1 fully saturated rings. The first-order chi connectivity index (χ1) is 9.84. The van der Waals surface area contributed by atoms with E-state index in [1.54, 1.807) is 0 Å². The van der Waals surface area contributed by atoms with Gasteiger partial charge in [-0.2, -0.15) is 0 Å². The predicted molar refractivity (Wildman–Crippen MR) is 80.9 cm³/mol. The van der Waals surface area contributed by atoms with Gasteiger partial charge in [0.2, 0.25) is 0 Å². The summed E-state index contributed by atoms with van der Waals surface area (Å²) in [5.41, 5.74) is 1.34. The number of piperidine rings is 1. The summed E-state index contributed by atoms with van der Waals surface area (Å²) in [6.07, 6.45) is 4.76. The zero-order valence-corrected chi connectivity index (χ0v) is 12.2. The van der Waals surface area contributed by atoms with Gasteiger partial charge in [-0.3, -0.25) is 4.79 Å². The number of carbonyl (C=O) groups excluding carboxylic acids is 1. The quantitative estimate of drug-likeness (QED) is 0.683. The van der Waals surface area contributed by atoms with E-state index in [1.807, 2.05) is 6.07 Å². The first kappa shape index (κ1) is 15.2. The first-order valence-electron chi connectivity index (χ1n) is 7.70. The number of nitrogens with zero attached hydrogens (tertiary/aromatic N) is 1. The Morgan fingerprint density at radius 1 is 1.00 bits per heavy atom. The second-order valence-corrected chi connectivity index (χ2v) is 5.44. The topological polar surface area (TPSA) is 29.5 Å². The predicted octanol–water partition coefficient (Wildman–Crippen LogP) is 2.69. The molecule has 0 amide bonds. The van der Waals surface area contributed by atoms with Crippen LogP contribution >= 0.6 is 0 Å². The fourth-order valence-corrected chi connectivity index (χ4v) is 2.50. The molecule has 1 aliphatic rings. The summed E-state index contributed by atoms with van der Waals surface area (Å²) in [5.74, 6) is 0.422. The molecular weight excluding hydrogens is 250 g/mol. The van der Waals surface area contributed by atoms with Gasteiger partial charge in [0.1, 0.15) is 5.78 Å². The summed E-state index contributed by atoms with van der Waals surface area (Å²) >= 11 is 0. The average Bonchev–Trinajstić information content (AvgIpc) is 2.49. The highest BCUT2D eigenvalue weighted by molar-refractivity contribution is 5.79. The lowest BCUT2D eigenvalue weighted by atomic mass is 10.1. The molecule has 0 unspecified atom stereocenters. The number of carbonyl (C=O) groups is 1. The van der Waals surface area contributed by atoms with Crippen LogP contribution < -0.4 is 0 Å². The van der Waals surface area contributed by atoms with Gasteiger partial charge in [-0.25, -0.2) is 0 Å². The zero-order chi connectivity index (χ0) is 14.0. The van der Waals surface area contributed by atoms with Gasteiger partial charge in [0.05, 0.1) is 6.61 Å². The van der Waals surface area contributed by atoms with E-state index in [0.29, 0.717) is 5.78 Å². The molecule has 0 bridgehead atoms. The minimum absolute atomic E-state index is 0.422. The van der Waals surface area contributed by atoms with E-state index < -0.39 is 0 Å². The molecule has 20 heavy (non-hydrogen) atoms. The Morgan fingerprint density at radius 3 is 2.50 bits per heavy atom. The smallest absolute Gasteiger partial charge is 0.135 e. The molecule has 1 aliphatic heterocycles. The normalized spacial score (nSPS) is 16.5. The van der Waals surface area contributed by atoms with Crippen LogP contribution in [-0.4, -0.2) is 43.5 Å². The number of ether oxygens (including phenoxy) is 1. The largest absolute Gasteiger partial charge is 0.381 e. The molecule has 0 N–H and O–H groups in total. The summed E-state index contributed by atoms with van der Waals surface area (Å²) in [4.78, 5) is 13.5. The SMILES string of the molecule is O=C1CCN(CCCCOCCc2ccccc2)CC1. The molecule has 0 radical (unpaired) electrons. The van der Waals surface area contributed by atoms with Gasteiger partial charge in [-0.15, -0.1) is 0 Å². The molecule has 0 saturated carbocycles. The Labute approximate surface area is 121 Å². The van der Waals surface area contributed by atoms with E-state index in [2.05, 4.69) is 29.2 Å². The number of likely N-dealkylation sites (tertiary alicyclic amines) is 1. The lowest BCUT2D eigenvalue weighted by Crippen LogP contribution is -2.34. The van der Waals surface area contributed by atoms with Crippen LogP contribution in [0, 0.1) is 0 Å². The first-order valence-corrected chi connectivity index (χ1v) is 7.70. The van der Waals surface area contributed by atoms with Crippen LogP contribution in [0.1, 0.15) is 31.2 Å². The molecule has 1 saturated heterocycles. The lowest BCUT2D eigenvalue weighted by molar-refractivity contribution is -0.121. The maximum absolute atomic E-state index is 11.1. The van der Waals surface area contributed by atoms with Crippen molar-refractivity contribution in [2.75, 3.05) is 32.8 Å². The van der Waals surface area contributed by atoms with E-state index in [4.69, 9.17) is 4.74 Å². The van der Waals surface area contributed by atoms with Crippen molar-refractivity contribution >= 4 is 5.78 Å². The van der Waals surface area contributed by atoms with Crippen molar-refractivity contribution in [1.29, 1.82) is 0 Å². The van der Waals surface area contributed by atoms with Gasteiger partial charge in [-0.1, -0.05) is 30.3 Å². The van der Waals surface area contributed by atoms with Gasteiger partial charge >= 0.3 is 0 Å². The van der Waals surface area contributed by atoms with E-state index in [9.17, 15) is 4.79 Å². The number of hydrogen-bond acceptors (Lipinski definition) is 3. The molecule has 110 valence electrons. The van der Waals surface area contributed by atoms with Crippen molar-refractivity contribution in [2.24, 2.45) is 0 Å². The fraction of sp³-hybridized carbons (Fsp3) is 0.588. The molecular formula is C17H25NO2. The summed E-state index contributed by atoms with van der Waals surface area (Å²) in [6, 6.07) is 10.5. The molecule has 1 heterocycles. The summed E-state index contributed by atoms with van der Waals surface area (Å²) < 4.78 is 5.67. The summed E-state index contributed by atoms with van der Waals surface area (Å²) in [5, 5.41) is 0. The maximum Gasteiger partial charge on any atom is 0.135 e. The number of rotatable bonds is 8. The molecule has 3 heteroatoms. The molecule has 0 spiro atoms. The van der Waals surface area contributed by atoms with E-state index >= 15 is 0 Å². The van der Waals surface area contributed by atoms with E-state index in [0.717, 1.165) is 58.5 Å². The fourth-order valence-electron chi connectivity index (χ4n) is 2.50. The van der Waals surface area contributed by atoms with Crippen LogP contribution in [0.2, 0.25) is 0 Å². The highest BCUT2D eigenvalue weighted by Crippen LogP contribution is 2.07. The van der Waals surface area contributed by atoms with E-state index in [-0.39, 0.29) is 0 Å². The third kappa shape index (κ3) is 5.85. The van der Waals surface area contributed by atoms with Gasteiger partial charge in [0.15, 0.2) is 0 Å². The third-order valence-corrected chi connectivity index (χ3v) is 3.80. The summed E-state index contributed by atoms with van der Waals surface area (Å²) in [6.45, 7) is 4.67. The molecule has 3 nitrogen and oxygen atoms in total. The van der Waals surface area contributed by atoms with Crippen molar-refractivity contribution in [3.8, 4) is 0 Å². The van der Waals surface area contributed by atoms with Gasteiger partial charge in [0.25, 0.3) is 0 Å². The molecule has 2 rings (SSSR count). The zero-order valence-electron chi connectivity index (χ0n) is 12.2. The Morgan fingerprint density at radius 2 is 1.75 bits per heavy atom.